The van der Waals surface area contributed by atoms with Crippen LogP contribution in [0.1, 0.15) is 87.6 Å². The van der Waals surface area contributed by atoms with Crippen LogP contribution < -0.4 is 4.57 Å². The van der Waals surface area contributed by atoms with Crippen molar-refractivity contribution in [2.45, 2.75) is 93.5 Å². The van der Waals surface area contributed by atoms with Crippen molar-refractivity contribution in [1.82, 2.24) is 0 Å². The van der Waals surface area contributed by atoms with Gasteiger partial charge < -0.3 is 20.6 Å². The van der Waals surface area contributed by atoms with Crippen LogP contribution in [-0.2, 0) is 28.1 Å². The SMILES string of the molecule is C=C/C=C(/C)c1c(C)c(C)c2c(C)cc[n+](C)c2c1C.CC1CCCCC1[NH-].CCC.[CH3-].[CH3-].[Pt]. The minimum absolute atomic E-state index is 0. The van der Waals surface area contributed by atoms with Crippen LogP contribution in [0, 0.1) is 48.5 Å². The summed E-state index contributed by atoms with van der Waals surface area (Å²) in [4.78, 5) is 0. The van der Waals surface area contributed by atoms with Gasteiger partial charge in [-0.2, -0.15) is 0 Å². The van der Waals surface area contributed by atoms with Crippen LogP contribution in [0.3, 0.4) is 0 Å². The summed E-state index contributed by atoms with van der Waals surface area (Å²) < 4.78 is 2.23. The van der Waals surface area contributed by atoms with Crippen molar-refractivity contribution in [2.75, 3.05) is 0 Å². The molecule has 3 heteroatoms. The number of benzene rings is 1. The van der Waals surface area contributed by atoms with E-state index in [0.29, 0.717) is 5.92 Å². The second-order valence-corrected chi connectivity index (χ2v) is 9.24. The topological polar surface area (TPSA) is 27.7 Å². The Balaban J connectivity index is -0.000000580. The number of rotatable bonds is 2. The molecule has 198 valence electrons. The predicted octanol–water partition coefficient (Wildman–Crippen LogP) is 9.42. The molecule has 1 fully saturated rings. The average molecular weight is 648 g/mol. The molecule has 0 aliphatic heterocycles. The number of fused-ring (bicyclic) bond motifs is 1. The van der Waals surface area contributed by atoms with Crippen LogP contribution in [0.4, 0.5) is 0 Å². The van der Waals surface area contributed by atoms with Gasteiger partial charge in [0.1, 0.15) is 7.05 Å². The fraction of sp³-hybridized carbons (Fsp3) is 0.516. The largest absolute Gasteiger partial charge is 0.674 e. The maximum absolute atomic E-state index is 7.48. The number of hydrogen-bond acceptors (Lipinski definition) is 0. The quantitative estimate of drug-likeness (QED) is 0.177. The third-order valence-corrected chi connectivity index (χ3v) is 6.45. The zero-order valence-electron chi connectivity index (χ0n) is 24.0. The molecule has 0 radical (unpaired) electrons. The molecule has 3 rings (SSSR count). The Bertz CT molecular complexity index is 902. The Morgan fingerprint density at radius 1 is 1.06 bits per heavy atom. The summed E-state index contributed by atoms with van der Waals surface area (Å²) >= 11 is 0. The van der Waals surface area contributed by atoms with Crippen molar-refractivity contribution in [3.8, 4) is 0 Å². The molecule has 1 heterocycles. The van der Waals surface area contributed by atoms with E-state index in [9.17, 15) is 0 Å². The number of aryl methyl sites for hydroxylation is 4. The molecule has 1 N–H and O–H groups in total. The second kappa shape index (κ2) is 18.1. The molecule has 1 aliphatic carbocycles. The molecule has 1 aromatic carbocycles. The first-order chi connectivity index (χ1) is 14.6. The first kappa shape index (κ1) is 37.3. The van der Waals surface area contributed by atoms with Crippen molar-refractivity contribution < 1.29 is 25.6 Å². The summed E-state index contributed by atoms with van der Waals surface area (Å²) in [7, 11) is 2.12. The summed E-state index contributed by atoms with van der Waals surface area (Å²) in [6, 6.07) is 2.45. The van der Waals surface area contributed by atoms with Crippen molar-refractivity contribution in [1.29, 1.82) is 0 Å². The van der Waals surface area contributed by atoms with E-state index in [1.54, 1.807) is 0 Å². The normalized spacial score (nSPS) is 16.9. The average Bonchev–Trinajstić information content (AvgIpc) is 2.71. The Hall–Kier alpha value is -1.24. The summed E-state index contributed by atoms with van der Waals surface area (Å²) in [5.74, 6) is 0.670. The summed E-state index contributed by atoms with van der Waals surface area (Å²) in [5.41, 5.74) is 16.9. The summed E-state index contributed by atoms with van der Waals surface area (Å²) in [6.45, 7) is 21.3. The molecule has 1 aliphatic rings. The number of pyridine rings is 1. The zero-order chi connectivity index (χ0) is 23.7. The standard InChI is InChI=1S/C19H24N.C7H14N.C3H8.2CH3.Pt/c1-8-9-12(2)17-14(4)15(5)18-13(3)10-11-20(7)19(18)16(17)6;1-6-4-2-3-5-7(6)8;1-3-2;;;/h8-11H,1H2,2-7H3;6-8H,2-5H2,1H3;3H2,1-2H3;2*1H3;/q+1;-1;;2*-1;/b12-9-;;;;;. The van der Waals surface area contributed by atoms with E-state index in [-0.39, 0.29) is 42.0 Å². The molecule has 0 bridgehead atoms. The molecular weight excluding hydrogens is 595 g/mol. The Morgan fingerprint density at radius 3 is 2.03 bits per heavy atom. The molecule has 2 atom stereocenters. The van der Waals surface area contributed by atoms with Gasteiger partial charge in [0.25, 0.3) is 0 Å². The van der Waals surface area contributed by atoms with Crippen molar-refractivity contribution in [2.24, 2.45) is 13.0 Å². The number of aromatic nitrogens is 1. The number of allylic oxidation sites excluding steroid dienone is 3. The third-order valence-electron chi connectivity index (χ3n) is 6.45. The van der Waals surface area contributed by atoms with E-state index >= 15 is 0 Å². The minimum Gasteiger partial charge on any atom is -0.674 e. The molecule has 2 unspecified atom stereocenters. The number of nitrogens with zero attached hydrogens (tertiary/aromatic N) is 1. The molecule has 2 nitrogen and oxygen atoms in total. The van der Waals surface area contributed by atoms with Crippen LogP contribution in [0.5, 0.6) is 0 Å². The maximum atomic E-state index is 7.48. The third kappa shape index (κ3) is 9.43. The minimum atomic E-state index is 0. The molecule has 1 saturated carbocycles. The zero-order valence-corrected chi connectivity index (χ0v) is 26.2. The van der Waals surface area contributed by atoms with Gasteiger partial charge >= 0.3 is 0 Å². The van der Waals surface area contributed by atoms with E-state index in [0.717, 1.165) is 6.42 Å². The maximum Gasteiger partial charge on any atom is 0.216 e. The summed E-state index contributed by atoms with van der Waals surface area (Å²) in [6.07, 6.45) is 12.4. The Morgan fingerprint density at radius 2 is 1.59 bits per heavy atom. The van der Waals surface area contributed by atoms with Gasteiger partial charge in [0, 0.05) is 32.7 Å². The van der Waals surface area contributed by atoms with Crippen molar-refractivity contribution in [3.63, 3.8) is 0 Å². The van der Waals surface area contributed by atoms with Gasteiger partial charge in [-0.15, -0.1) is 6.04 Å². The van der Waals surface area contributed by atoms with Gasteiger partial charge in [0.05, 0.1) is 5.39 Å². The van der Waals surface area contributed by atoms with Crippen LogP contribution >= 0.6 is 0 Å². The number of nitrogens with one attached hydrogen (secondary N) is 1. The monoisotopic (exact) mass is 647 g/mol. The van der Waals surface area contributed by atoms with Crippen LogP contribution in [0.25, 0.3) is 22.2 Å². The van der Waals surface area contributed by atoms with Gasteiger partial charge in [0.15, 0.2) is 6.20 Å². The molecule has 0 saturated heterocycles. The fourth-order valence-corrected chi connectivity index (χ4v) is 4.61. The second-order valence-electron chi connectivity index (χ2n) is 9.24. The molecular formula is C31H52N2Pt-2. The van der Waals surface area contributed by atoms with Gasteiger partial charge in [-0.25, -0.2) is 4.57 Å². The molecule has 0 spiro atoms. The predicted molar refractivity (Wildman–Crippen MR) is 152 cm³/mol. The van der Waals surface area contributed by atoms with Crippen LogP contribution in [-0.4, -0.2) is 6.04 Å². The van der Waals surface area contributed by atoms with Gasteiger partial charge in [-0.3, -0.25) is 0 Å². The molecule has 0 amide bonds. The first-order valence-electron chi connectivity index (χ1n) is 12.0. The van der Waals surface area contributed by atoms with Gasteiger partial charge in [0.2, 0.25) is 5.52 Å². The first-order valence-corrected chi connectivity index (χ1v) is 12.0. The van der Waals surface area contributed by atoms with E-state index in [4.69, 9.17) is 5.73 Å². The van der Waals surface area contributed by atoms with Crippen LogP contribution in [0.2, 0.25) is 0 Å². The fourth-order valence-electron chi connectivity index (χ4n) is 4.61. The number of hydrogen-bond donors (Lipinski definition) is 0. The van der Waals surface area contributed by atoms with E-state index < -0.39 is 0 Å². The van der Waals surface area contributed by atoms with Crippen LogP contribution in [0.15, 0.2) is 31.0 Å². The van der Waals surface area contributed by atoms with E-state index in [1.807, 2.05) is 6.08 Å². The van der Waals surface area contributed by atoms with Gasteiger partial charge in [-0.05, 0) is 62.4 Å². The van der Waals surface area contributed by atoms with Gasteiger partial charge in [-0.1, -0.05) is 77.5 Å². The molecule has 34 heavy (non-hydrogen) atoms. The molecule has 1 aromatic heterocycles. The van der Waals surface area contributed by atoms with Crippen molar-refractivity contribution in [3.05, 3.63) is 79.4 Å². The molecule has 2 aromatic rings. The van der Waals surface area contributed by atoms with E-state index in [1.165, 1.54) is 70.0 Å². The smallest absolute Gasteiger partial charge is 0.216 e. The summed E-state index contributed by atoms with van der Waals surface area (Å²) in [5, 5.41) is 1.39. The van der Waals surface area contributed by atoms with Crippen molar-refractivity contribution >= 4 is 16.5 Å². The Kier molecular flexibility index (Phi) is 19.8. The Labute approximate surface area is 227 Å². The van der Waals surface area contributed by atoms with E-state index in [2.05, 4.69) is 91.9 Å².